The molecule has 1 heterocycles. The summed E-state index contributed by atoms with van der Waals surface area (Å²) in [5.74, 6) is 3.68. The summed E-state index contributed by atoms with van der Waals surface area (Å²) in [6, 6.07) is 9.93. The van der Waals surface area contributed by atoms with E-state index in [-0.39, 0.29) is 5.02 Å². The molecule has 5 atom stereocenters. The Morgan fingerprint density at radius 1 is 1.26 bits per heavy atom. The molecule has 0 radical (unpaired) electrons. The number of aromatic amines is 1. The molecule has 2 bridgehead atoms. The Balaban J connectivity index is 1.31. The van der Waals surface area contributed by atoms with Crippen LogP contribution in [0.4, 0.5) is 4.39 Å². The largest absolute Gasteiger partial charge is 0.342 e. The van der Waals surface area contributed by atoms with E-state index in [1.165, 1.54) is 45.6 Å². The van der Waals surface area contributed by atoms with Crippen LogP contribution in [0.1, 0.15) is 62.4 Å². The average Bonchev–Trinajstić information content (AvgIpc) is 3.52. The van der Waals surface area contributed by atoms with Crippen LogP contribution >= 0.6 is 34.2 Å². The molecular formula is C29H31ClFIN2. The minimum Gasteiger partial charge on any atom is -0.342 e. The molecule has 0 spiro atoms. The van der Waals surface area contributed by atoms with Gasteiger partial charge in [0, 0.05) is 15.6 Å². The van der Waals surface area contributed by atoms with E-state index in [1.54, 1.807) is 6.07 Å². The maximum Gasteiger partial charge on any atom is 0.144 e. The summed E-state index contributed by atoms with van der Waals surface area (Å²) in [4.78, 5) is 8.06. The maximum atomic E-state index is 13.8. The number of H-pyrrole nitrogens is 1. The van der Waals surface area contributed by atoms with Gasteiger partial charge in [0.15, 0.2) is 0 Å². The number of aryl methyl sites for hydroxylation is 1. The van der Waals surface area contributed by atoms with Crippen LogP contribution in [-0.2, 0) is 6.42 Å². The lowest BCUT2D eigenvalue weighted by molar-refractivity contribution is 0.268. The van der Waals surface area contributed by atoms with E-state index in [1.807, 2.05) is 6.08 Å². The molecule has 5 rings (SSSR count). The number of benzene rings is 2. The third-order valence-electron chi connectivity index (χ3n) is 8.13. The summed E-state index contributed by atoms with van der Waals surface area (Å²) in [6.45, 7) is 8.52. The highest BCUT2D eigenvalue weighted by molar-refractivity contribution is 14.1. The topological polar surface area (TPSA) is 28.7 Å². The van der Waals surface area contributed by atoms with Crippen LogP contribution in [-0.4, -0.2) is 9.97 Å². The van der Waals surface area contributed by atoms with Gasteiger partial charge < -0.3 is 4.98 Å². The molecule has 2 saturated carbocycles. The zero-order valence-electron chi connectivity index (χ0n) is 19.8. The third kappa shape index (κ3) is 4.48. The number of allylic oxidation sites excluding steroid dienone is 3. The molecule has 34 heavy (non-hydrogen) atoms. The molecule has 2 aliphatic rings. The average molecular weight is 589 g/mol. The first-order chi connectivity index (χ1) is 16.4. The zero-order valence-corrected chi connectivity index (χ0v) is 22.7. The van der Waals surface area contributed by atoms with Gasteiger partial charge >= 0.3 is 0 Å². The van der Waals surface area contributed by atoms with E-state index in [0.717, 1.165) is 47.5 Å². The second kappa shape index (κ2) is 9.77. The van der Waals surface area contributed by atoms with Crippen LogP contribution in [0.15, 0.2) is 49.1 Å². The van der Waals surface area contributed by atoms with E-state index in [4.69, 9.17) is 16.6 Å². The summed E-state index contributed by atoms with van der Waals surface area (Å²) in [5.41, 5.74) is 5.80. The molecule has 0 saturated heterocycles. The fourth-order valence-corrected chi connectivity index (χ4v) is 7.20. The normalized spacial score (nSPS) is 25.3. The van der Waals surface area contributed by atoms with Crippen molar-refractivity contribution in [1.29, 1.82) is 0 Å². The van der Waals surface area contributed by atoms with Crippen LogP contribution in [0.3, 0.4) is 0 Å². The van der Waals surface area contributed by atoms with Gasteiger partial charge in [-0.15, -0.1) is 0 Å². The van der Waals surface area contributed by atoms with Crippen LogP contribution in [0.2, 0.25) is 5.02 Å². The first-order valence-electron chi connectivity index (χ1n) is 12.3. The van der Waals surface area contributed by atoms with Gasteiger partial charge in [-0.2, -0.15) is 0 Å². The van der Waals surface area contributed by atoms with Crippen molar-refractivity contribution in [2.75, 3.05) is 0 Å². The monoisotopic (exact) mass is 588 g/mol. The lowest BCUT2D eigenvalue weighted by atomic mass is 9.73. The molecule has 2 fully saturated rings. The van der Waals surface area contributed by atoms with Crippen molar-refractivity contribution in [3.63, 3.8) is 0 Å². The first-order valence-corrected chi connectivity index (χ1v) is 13.8. The van der Waals surface area contributed by atoms with Gasteiger partial charge in [-0.25, -0.2) is 9.37 Å². The van der Waals surface area contributed by atoms with Crippen LogP contribution in [0.25, 0.3) is 16.6 Å². The molecule has 1 N–H and O–H groups in total. The van der Waals surface area contributed by atoms with Gasteiger partial charge in [0.1, 0.15) is 11.6 Å². The fraction of sp³-hybridized carbons (Fsp3) is 0.414. The maximum absolute atomic E-state index is 13.8. The fourth-order valence-electron chi connectivity index (χ4n) is 6.55. The molecule has 2 aliphatic carbocycles. The van der Waals surface area contributed by atoms with Gasteiger partial charge in [-0.05, 0) is 113 Å². The van der Waals surface area contributed by atoms with Gasteiger partial charge in [0.25, 0.3) is 0 Å². The van der Waals surface area contributed by atoms with Crippen LogP contribution in [0.5, 0.6) is 0 Å². The molecule has 2 aromatic carbocycles. The minimum absolute atomic E-state index is 0.125. The number of nitrogens with zero attached hydrogens (tertiary/aromatic N) is 1. The first kappa shape index (κ1) is 24.1. The minimum atomic E-state index is -0.404. The van der Waals surface area contributed by atoms with Gasteiger partial charge in [0.05, 0.1) is 16.1 Å². The molecule has 5 heteroatoms. The van der Waals surface area contributed by atoms with Gasteiger partial charge in [-0.3, -0.25) is 0 Å². The standard InChI is InChI=1S/C29H31ClFIN2/c1-4-6-22(24-13-21(32)8-7-17(24)5-2)23-12-19-11-20(23)10-18(19)9-16(3)29-33-27-14-25(30)26(31)15-28(27)34-29/h4,6-8,13-16,18-20,23H,1,5,9-12H2,2-3H3,(H,33,34)/b22-6-/t16-,18?,19?,20?,23?/m1/s1. The van der Waals surface area contributed by atoms with E-state index in [9.17, 15) is 4.39 Å². The van der Waals surface area contributed by atoms with Crippen molar-refractivity contribution < 1.29 is 4.39 Å². The van der Waals surface area contributed by atoms with Crippen molar-refractivity contribution in [1.82, 2.24) is 9.97 Å². The highest BCUT2D eigenvalue weighted by Crippen LogP contribution is 2.57. The zero-order chi connectivity index (χ0) is 24.0. The second-order valence-corrected chi connectivity index (χ2v) is 11.8. The molecular weight excluding hydrogens is 558 g/mol. The highest BCUT2D eigenvalue weighted by Gasteiger charge is 2.47. The smallest absolute Gasteiger partial charge is 0.144 e. The summed E-state index contributed by atoms with van der Waals surface area (Å²) < 4.78 is 15.1. The van der Waals surface area contributed by atoms with Crippen molar-refractivity contribution in [2.45, 2.75) is 51.9 Å². The van der Waals surface area contributed by atoms with Crippen molar-refractivity contribution in [2.24, 2.45) is 23.7 Å². The predicted molar refractivity (Wildman–Crippen MR) is 149 cm³/mol. The van der Waals surface area contributed by atoms with Gasteiger partial charge in [-0.1, -0.05) is 50.2 Å². The lowest BCUT2D eigenvalue weighted by Gasteiger charge is -2.31. The van der Waals surface area contributed by atoms with E-state index in [0.29, 0.717) is 11.8 Å². The molecule has 3 aromatic rings. The van der Waals surface area contributed by atoms with E-state index < -0.39 is 5.82 Å². The number of hydrogen-bond donors (Lipinski definition) is 1. The Labute approximate surface area is 220 Å². The molecule has 2 nitrogen and oxygen atoms in total. The van der Waals surface area contributed by atoms with Crippen molar-refractivity contribution >= 4 is 50.8 Å². The summed E-state index contributed by atoms with van der Waals surface area (Å²) in [6.07, 6.45) is 10.3. The van der Waals surface area contributed by atoms with Crippen molar-refractivity contribution in [3.05, 3.63) is 80.4 Å². The number of rotatable bonds is 7. The number of nitrogens with one attached hydrogen (secondary N) is 1. The van der Waals surface area contributed by atoms with Crippen LogP contribution in [0, 0.1) is 33.1 Å². The third-order valence-corrected chi connectivity index (χ3v) is 9.09. The van der Waals surface area contributed by atoms with Crippen LogP contribution < -0.4 is 0 Å². The lowest BCUT2D eigenvalue weighted by Crippen LogP contribution is -2.21. The Hall–Kier alpha value is -1.66. The number of hydrogen-bond acceptors (Lipinski definition) is 1. The molecule has 0 aliphatic heterocycles. The number of imidazole rings is 1. The Kier molecular flexibility index (Phi) is 6.91. The van der Waals surface area contributed by atoms with Crippen molar-refractivity contribution in [3.8, 4) is 0 Å². The summed E-state index contributed by atoms with van der Waals surface area (Å²) in [7, 11) is 0. The van der Waals surface area contributed by atoms with E-state index >= 15 is 0 Å². The summed E-state index contributed by atoms with van der Waals surface area (Å²) in [5, 5.41) is 0.125. The molecule has 178 valence electrons. The number of halogens is 3. The Morgan fingerprint density at radius 3 is 2.79 bits per heavy atom. The molecule has 1 aromatic heterocycles. The highest BCUT2D eigenvalue weighted by atomic mass is 127. The Bertz CT molecular complexity index is 1220. The molecule has 0 amide bonds. The summed E-state index contributed by atoms with van der Waals surface area (Å²) >= 11 is 8.38. The van der Waals surface area contributed by atoms with Gasteiger partial charge in [0.2, 0.25) is 0 Å². The van der Waals surface area contributed by atoms with E-state index in [2.05, 4.69) is 72.3 Å². The predicted octanol–water partition coefficient (Wildman–Crippen LogP) is 8.95. The Morgan fingerprint density at radius 2 is 2.09 bits per heavy atom. The molecule has 4 unspecified atom stereocenters. The second-order valence-electron chi connectivity index (χ2n) is 10.1. The number of fused-ring (bicyclic) bond motifs is 3. The SMILES string of the molecule is C=C/C=C(\c1cc(I)ccc1CC)C1CC2CC1CC2C[C@@H](C)c1nc2cc(Cl)c(F)cc2[nH]1. The number of aromatic nitrogens is 2. The quantitative estimate of drug-likeness (QED) is 0.217.